The minimum Gasteiger partial charge on any atom is -0.248 e. The molecule has 348 valence electrons. The monoisotopic (exact) mass is 912 g/mol. The van der Waals surface area contributed by atoms with Gasteiger partial charge in [0.1, 0.15) is 0 Å². The van der Waals surface area contributed by atoms with E-state index in [-0.39, 0.29) is 21.7 Å². The summed E-state index contributed by atoms with van der Waals surface area (Å²) in [4.78, 5) is 16.0. The number of pyridine rings is 1. The van der Waals surface area contributed by atoms with E-state index in [1.807, 2.05) is 0 Å². The fourth-order valence-corrected chi connectivity index (χ4v) is 12.8. The molecular formula is C67H65N3. The van der Waals surface area contributed by atoms with Crippen LogP contribution in [0.2, 0.25) is 0 Å². The van der Waals surface area contributed by atoms with Crippen molar-refractivity contribution in [2.45, 2.75) is 105 Å². The van der Waals surface area contributed by atoms with Crippen molar-refractivity contribution in [2.75, 3.05) is 0 Å². The first-order valence-electron chi connectivity index (χ1n) is 25.3. The van der Waals surface area contributed by atoms with Crippen molar-refractivity contribution in [1.29, 1.82) is 0 Å². The summed E-state index contributed by atoms with van der Waals surface area (Å²) in [5.74, 6) is 0.698. The summed E-state index contributed by atoms with van der Waals surface area (Å²) in [6.45, 7) is 25.6. The van der Waals surface area contributed by atoms with Crippen molar-refractivity contribution < 1.29 is 0 Å². The van der Waals surface area contributed by atoms with Gasteiger partial charge in [0.2, 0.25) is 0 Å². The van der Waals surface area contributed by atoms with Crippen LogP contribution in [0.15, 0.2) is 170 Å². The summed E-state index contributed by atoms with van der Waals surface area (Å²) in [5.41, 5.74) is 22.6. The lowest BCUT2D eigenvalue weighted by atomic mass is 9.70. The number of fused-ring (bicyclic) bond motifs is 11. The van der Waals surface area contributed by atoms with Crippen LogP contribution < -0.4 is 0 Å². The zero-order chi connectivity index (χ0) is 49.0. The lowest BCUT2D eigenvalue weighted by Crippen LogP contribution is -2.26. The van der Waals surface area contributed by atoms with Crippen LogP contribution >= 0.6 is 0 Å². The normalized spacial score (nSPS) is 13.9. The number of aromatic nitrogens is 3. The van der Waals surface area contributed by atoms with Gasteiger partial charge in [0.15, 0.2) is 5.82 Å². The SMILES string of the molecule is Cc1ccc2c(c1)C1(c3ccccc3-c3ccccc31)c1cc(-c3ccc4cc(-c5nc(-c6ccc(C(C)(C)CC(C)(C)C)cc6)cc(-c6ccc(C(C)(C)CC(C)(C)C)cc6)n5)ccc4n3)ccc1-2. The second kappa shape index (κ2) is 16.3. The number of hydrogen-bond acceptors (Lipinski definition) is 3. The molecule has 0 unspecified atom stereocenters. The van der Waals surface area contributed by atoms with Crippen LogP contribution in [0.4, 0.5) is 0 Å². The van der Waals surface area contributed by atoms with E-state index in [0.29, 0.717) is 5.82 Å². The molecule has 0 aliphatic heterocycles. The van der Waals surface area contributed by atoms with Gasteiger partial charge in [0.05, 0.1) is 28.0 Å². The highest BCUT2D eigenvalue weighted by Gasteiger charge is 2.51. The van der Waals surface area contributed by atoms with E-state index < -0.39 is 5.41 Å². The summed E-state index contributed by atoms with van der Waals surface area (Å²) >= 11 is 0. The van der Waals surface area contributed by atoms with Crippen molar-refractivity contribution in [3.8, 4) is 67.4 Å². The number of aryl methyl sites for hydroxylation is 1. The molecule has 3 heteroatoms. The highest BCUT2D eigenvalue weighted by atomic mass is 14.9. The van der Waals surface area contributed by atoms with Gasteiger partial charge in [-0.15, -0.1) is 0 Å². The average molecular weight is 912 g/mol. The second-order valence-corrected chi connectivity index (χ2v) is 24.1. The first-order chi connectivity index (χ1) is 33.3. The molecule has 2 aliphatic rings. The lowest BCUT2D eigenvalue weighted by Gasteiger charge is -2.33. The topological polar surface area (TPSA) is 38.7 Å². The number of hydrogen-bond donors (Lipinski definition) is 0. The maximum Gasteiger partial charge on any atom is 0.160 e. The van der Waals surface area contributed by atoms with Crippen molar-refractivity contribution in [2.24, 2.45) is 10.8 Å². The average Bonchev–Trinajstić information content (AvgIpc) is 3.78. The van der Waals surface area contributed by atoms with E-state index in [4.69, 9.17) is 15.0 Å². The van der Waals surface area contributed by atoms with Crippen LogP contribution in [0.25, 0.3) is 78.3 Å². The Bertz CT molecular complexity index is 3370. The smallest absolute Gasteiger partial charge is 0.160 e. The highest BCUT2D eigenvalue weighted by molar-refractivity contribution is 5.96. The zero-order valence-corrected chi connectivity index (χ0v) is 42.9. The lowest BCUT2D eigenvalue weighted by molar-refractivity contribution is 0.283. The Morgan fingerprint density at radius 1 is 0.371 bits per heavy atom. The van der Waals surface area contributed by atoms with Gasteiger partial charge in [-0.2, -0.15) is 0 Å². The molecule has 0 saturated carbocycles. The zero-order valence-electron chi connectivity index (χ0n) is 42.9. The highest BCUT2D eigenvalue weighted by Crippen LogP contribution is 2.63. The Morgan fingerprint density at radius 2 is 0.843 bits per heavy atom. The predicted molar refractivity (Wildman–Crippen MR) is 294 cm³/mol. The molecule has 9 aromatic rings. The fourth-order valence-electron chi connectivity index (χ4n) is 12.8. The van der Waals surface area contributed by atoms with E-state index >= 15 is 0 Å². The number of benzene rings is 7. The van der Waals surface area contributed by atoms with Crippen LogP contribution in [0.5, 0.6) is 0 Å². The third kappa shape index (κ3) is 7.88. The van der Waals surface area contributed by atoms with Gasteiger partial charge in [-0.05, 0) is 133 Å². The molecule has 11 rings (SSSR count). The van der Waals surface area contributed by atoms with Crippen molar-refractivity contribution in [3.63, 3.8) is 0 Å². The third-order valence-electron chi connectivity index (χ3n) is 15.1. The Kier molecular flexibility index (Phi) is 10.6. The molecule has 0 amide bonds. The van der Waals surface area contributed by atoms with Crippen LogP contribution in [0, 0.1) is 17.8 Å². The quantitative estimate of drug-likeness (QED) is 0.152. The summed E-state index contributed by atoms with van der Waals surface area (Å²) in [5, 5.41) is 1.05. The molecule has 2 aliphatic carbocycles. The standard InChI is InChI=1S/C67H65N3/c1-42-20-32-52-53-33-25-46(38-57(53)67(56(52)36-42)54-18-14-12-16-50(54)51-17-13-15-19-55(51)67)59-34-26-45-37-47(27-35-58(45)68-59)62-69-60(43-21-28-48(29-22-43)65(8,9)40-63(2,3)4)39-61(70-62)44-23-30-49(31-24-44)66(10,11)41-64(5,6)7/h12-39H,40-41H2,1-11H3. The second-order valence-electron chi connectivity index (χ2n) is 24.1. The minimum absolute atomic E-state index is 0.0441. The van der Waals surface area contributed by atoms with E-state index in [0.717, 1.165) is 63.1 Å². The molecule has 2 aromatic heterocycles. The maximum atomic E-state index is 5.36. The third-order valence-corrected chi connectivity index (χ3v) is 15.1. The van der Waals surface area contributed by atoms with Crippen molar-refractivity contribution in [3.05, 3.63) is 209 Å². The summed E-state index contributed by atoms with van der Waals surface area (Å²) in [6, 6.07) is 63.2. The molecular weight excluding hydrogens is 847 g/mol. The summed E-state index contributed by atoms with van der Waals surface area (Å²) < 4.78 is 0. The number of nitrogens with zero attached hydrogens (tertiary/aromatic N) is 3. The van der Waals surface area contributed by atoms with Crippen LogP contribution in [-0.4, -0.2) is 15.0 Å². The predicted octanol–water partition coefficient (Wildman–Crippen LogP) is 17.8. The fraction of sp³-hybridized carbons (Fsp3) is 0.269. The van der Waals surface area contributed by atoms with Gasteiger partial charge in [0.25, 0.3) is 0 Å². The van der Waals surface area contributed by atoms with Gasteiger partial charge in [-0.25, -0.2) is 15.0 Å². The molecule has 0 fully saturated rings. The molecule has 0 radical (unpaired) electrons. The Morgan fingerprint density at radius 3 is 1.39 bits per heavy atom. The largest absolute Gasteiger partial charge is 0.248 e. The Balaban J connectivity index is 0.982. The van der Waals surface area contributed by atoms with Gasteiger partial charge < -0.3 is 0 Å². The van der Waals surface area contributed by atoms with Gasteiger partial charge in [-0.1, -0.05) is 208 Å². The van der Waals surface area contributed by atoms with E-state index in [9.17, 15) is 0 Å². The van der Waals surface area contributed by atoms with Gasteiger partial charge >= 0.3 is 0 Å². The summed E-state index contributed by atoms with van der Waals surface area (Å²) in [6.07, 6.45) is 2.18. The molecule has 0 N–H and O–H groups in total. The van der Waals surface area contributed by atoms with Crippen molar-refractivity contribution >= 4 is 10.9 Å². The van der Waals surface area contributed by atoms with Crippen LogP contribution in [-0.2, 0) is 16.2 Å². The maximum absolute atomic E-state index is 5.36. The van der Waals surface area contributed by atoms with E-state index in [1.54, 1.807) is 0 Å². The Labute approximate surface area is 416 Å². The summed E-state index contributed by atoms with van der Waals surface area (Å²) in [7, 11) is 0. The van der Waals surface area contributed by atoms with Crippen LogP contribution in [0.1, 0.15) is 121 Å². The molecule has 1 spiro atoms. The number of rotatable bonds is 8. The van der Waals surface area contributed by atoms with E-state index in [2.05, 4.69) is 246 Å². The first-order valence-corrected chi connectivity index (χ1v) is 25.3. The Hall–Kier alpha value is -6.97. The molecule has 3 nitrogen and oxygen atoms in total. The van der Waals surface area contributed by atoms with Gasteiger partial charge in [-0.3, -0.25) is 0 Å². The van der Waals surface area contributed by atoms with Crippen molar-refractivity contribution in [1.82, 2.24) is 15.0 Å². The van der Waals surface area contributed by atoms with E-state index in [1.165, 1.54) is 61.2 Å². The first kappa shape index (κ1) is 45.5. The molecule has 0 saturated heterocycles. The minimum atomic E-state index is -0.408. The molecule has 0 bridgehead atoms. The van der Waals surface area contributed by atoms with Gasteiger partial charge in [0, 0.05) is 27.6 Å². The van der Waals surface area contributed by atoms with Crippen LogP contribution in [0.3, 0.4) is 0 Å². The molecule has 0 atom stereocenters. The molecule has 70 heavy (non-hydrogen) atoms. The molecule has 7 aromatic carbocycles. The molecule has 2 heterocycles.